The van der Waals surface area contributed by atoms with Crippen LogP contribution in [0.15, 0.2) is 179 Å². The Labute approximate surface area is 282 Å². The number of nitrogens with zero attached hydrogens (tertiary/aromatic N) is 2. The number of hydrogen-bond donors (Lipinski definition) is 0. The monoisotopic (exact) mass is 628 g/mol. The number of furan rings is 1. The molecule has 4 nitrogen and oxygen atoms in total. The normalized spacial score (nSPS) is 11.7. The highest BCUT2D eigenvalue weighted by Gasteiger charge is 2.28. The predicted octanol–water partition coefficient (Wildman–Crippen LogP) is 12.8. The smallest absolute Gasteiger partial charge is 0.227 e. The molecule has 2 aromatic heterocycles. The summed E-state index contributed by atoms with van der Waals surface area (Å²) in [6, 6.07) is 59.1. The second-order valence-corrected chi connectivity index (χ2v) is 12.3. The summed E-state index contributed by atoms with van der Waals surface area (Å²) in [5.41, 5.74) is 9.02. The average molecular weight is 629 g/mol. The first-order chi connectivity index (χ1) is 24.3. The molecule has 0 aliphatic carbocycles. The summed E-state index contributed by atoms with van der Waals surface area (Å²) in [6.45, 7) is 0. The molecule has 0 aliphatic heterocycles. The molecule has 0 saturated heterocycles. The molecule has 4 heteroatoms. The number of benzene rings is 8. The second kappa shape index (κ2) is 11.0. The van der Waals surface area contributed by atoms with Crippen LogP contribution in [-0.4, -0.2) is 4.98 Å². The lowest BCUT2D eigenvalue weighted by Crippen LogP contribution is -2.12. The van der Waals surface area contributed by atoms with Gasteiger partial charge in [-0.3, -0.25) is 0 Å². The summed E-state index contributed by atoms with van der Waals surface area (Å²) >= 11 is 0. The molecule has 10 rings (SSSR count). The number of para-hydroxylation sites is 1. The van der Waals surface area contributed by atoms with Crippen LogP contribution in [0.25, 0.3) is 77.2 Å². The minimum atomic E-state index is 0.565. The summed E-state index contributed by atoms with van der Waals surface area (Å²) in [5.74, 6) is 0.565. The maximum atomic E-state index is 6.82. The standard InChI is InChI=1S/C45H28N2O2/c1-3-14-29(15-4-1)31-19-13-20-33(26-31)47(39-27-32-18-7-8-21-34(32)35-22-9-10-23-36(35)39)43-42-41(49-45(46-42)30-16-5-2-6-17-30)28-38-37-24-11-12-25-40(37)48-44(38)43/h1-28H. The van der Waals surface area contributed by atoms with Crippen molar-refractivity contribution in [3.05, 3.63) is 170 Å². The Balaban J connectivity index is 1.37. The third-order valence-electron chi connectivity index (χ3n) is 9.44. The summed E-state index contributed by atoms with van der Waals surface area (Å²) in [4.78, 5) is 7.55. The van der Waals surface area contributed by atoms with Crippen molar-refractivity contribution in [1.82, 2.24) is 4.98 Å². The van der Waals surface area contributed by atoms with Crippen LogP contribution in [0.4, 0.5) is 17.1 Å². The van der Waals surface area contributed by atoms with Crippen molar-refractivity contribution in [3.8, 4) is 22.6 Å². The van der Waals surface area contributed by atoms with Gasteiger partial charge in [0.25, 0.3) is 0 Å². The fourth-order valence-electron chi connectivity index (χ4n) is 7.20. The minimum Gasteiger partial charge on any atom is -0.454 e. The van der Waals surface area contributed by atoms with E-state index in [1.807, 2.05) is 42.5 Å². The second-order valence-electron chi connectivity index (χ2n) is 12.3. The van der Waals surface area contributed by atoms with Crippen LogP contribution in [0.5, 0.6) is 0 Å². The molecule has 0 saturated carbocycles. The lowest BCUT2D eigenvalue weighted by Gasteiger charge is -2.28. The van der Waals surface area contributed by atoms with Gasteiger partial charge in [0.15, 0.2) is 11.2 Å². The van der Waals surface area contributed by atoms with Crippen molar-refractivity contribution >= 4 is 71.6 Å². The van der Waals surface area contributed by atoms with Gasteiger partial charge in [0.2, 0.25) is 5.89 Å². The van der Waals surface area contributed by atoms with E-state index in [0.29, 0.717) is 11.5 Å². The van der Waals surface area contributed by atoms with Gasteiger partial charge in [-0.05, 0) is 69.8 Å². The van der Waals surface area contributed by atoms with E-state index in [0.717, 1.165) is 72.0 Å². The molecule has 0 amide bonds. The van der Waals surface area contributed by atoms with E-state index in [2.05, 4.69) is 132 Å². The van der Waals surface area contributed by atoms with Gasteiger partial charge in [-0.2, -0.15) is 0 Å². The van der Waals surface area contributed by atoms with Crippen LogP contribution in [0.3, 0.4) is 0 Å². The molecule has 230 valence electrons. The van der Waals surface area contributed by atoms with Crippen molar-refractivity contribution in [3.63, 3.8) is 0 Å². The molecule has 0 unspecified atom stereocenters. The van der Waals surface area contributed by atoms with Crippen molar-refractivity contribution in [1.29, 1.82) is 0 Å². The van der Waals surface area contributed by atoms with Crippen LogP contribution in [0.1, 0.15) is 0 Å². The minimum absolute atomic E-state index is 0.565. The Hall–Kier alpha value is -6.65. The van der Waals surface area contributed by atoms with Gasteiger partial charge in [0.1, 0.15) is 16.8 Å². The zero-order valence-electron chi connectivity index (χ0n) is 26.4. The van der Waals surface area contributed by atoms with E-state index in [1.165, 1.54) is 10.8 Å². The molecular formula is C45H28N2O2. The van der Waals surface area contributed by atoms with E-state index in [4.69, 9.17) is 13.8 Å². The maximum Gasteiger partial charge on any atom is 0.227 e. The Morgan fingerprint density at radius 1 is 0.429 bits per heavy atom. The van der Waals surface area contributed by atoms with Crippen LogP contribution in [0, 0.1) is 0 Å². The molecular weight excluding hydrogens is 601 g/mol. The largest absolute Gasteiger partial charge is 0.454 e. The molecule has 0 radical (unpaired) electrons. The predicted molar refractivity (Wildman–Crippen MR) is 202 cm³/mol. The lowest BCUT2D eigenvalue weighted by atomic mass is 9.98. The van der Waals surface area contributed by atoms with Crippen molar-refractivity contribution in [2.45, 2.75) is 0 Å². The fourth-order valence-corrected chi connectivity index (χ4v) is 7.20. The van der Waals surface area contributed by atoms with Gasteiger partial charge in [-0.1, -0.05) is 127 Å². The van der Waals surface area contributed by atoms with Crippen molar-refractivity contribution in [2.75, 3.05) is 4.90 Å². The van der Waals surface area contributed by atoms with E-state index in [-0.39, 0.29) is 0 Å². The molecule has 0 fully saturated rings. The number of fused-ring (bicyclic) bond motifs is 7. The first-order valence-electron chi connectivity index (χ1n) is 16.5. The molecule has 0 bridgehead atoms. The Bertz CT molecular complexity index is 2830. The number of oxazole rings is 1. The molecule has 0 atom stereocenters. The Morgan fingerprint density at radius 3 is 1.90 bits per heavy atom. The molecule has 2 heterocycles. The highest BCUT2D eigenvalue weighted by molar-refractivity contribution is 6.21. The first kappa shape index (κ1) is 27.5. The number of rotatable bonds is 5. The summed E-state index contributed by atoms with van der Waals surface area (Å²) in [5, 5.41) is 6.67. The van der Waals surface area contributed by atoms with Crippen molar-refractivity contribution < 1.29 is 8.83 Å². The average Bonchev–Trinajstić information content (AvgIpc) is 3.77. The zero-order valence-corrected chi connectivity index (χ0v) is 26.4. The Kier molecular flexibility index (Phi) is 6.15. The Morgan fingerprint density at radius 2 is 1.08 bits per heavy atom. The van der Waals surface area contributed by atoms with Gasteiger partial charge in [0.05, 0.1) is 5.69 Å². The van der Waals surface area contributed by atoms with E-state index in [9.17, 15) is 0 Å². The van der Waals surface area contributed by atoms with Gasteiger partial charge in [-0.15, -0.1) is 0 Å². The van der Waals surface area contributed by atoms with Crippen LogP contribution in [-0.2, 0) is 0 Å². The van der Waals surface area contributed by atoms with Crippen LogP contribution < -0.4 is 4.90 Å². The third kappa shape index (κ3) is 4.42. The summed E-state index contributed by atoms with van der Waals surface area (Å²) in [7, 11) is 0. The molecule has 8 aromatic carbocycles. The fraction of sp³-hybridized carbons (Fsp3) is 0. The topological polar surface area (TPSA) is 42.4 Å². The number of aromatic nitrogens is 1. The van der Waals surface area contributed by atoms with Gasteiger partial charge >= 0.3 is 0 Å². The highest BCUT2D eigenvalue weighted by Crippen LogP contribution is 2.49. The first-order valence-corrected chi connectivity index (χ1v) is 16.5. The number of anilines is 3. The molecule has 0 N–H and O–H groups in total. The summed E-state index contributed by atoms with van der Waals surface area (Å²) in [6.07, 6.45) is 0. The molecule has 0 spiro atoms. The van der Waals surface area contributed by atoms with Gasteiger partial charge in [-0.25, -0.2) is 4.98 Å². The quantitative estimate of drug-likeness (QED) is 0.178. The number of hydrogen-bond acceptors (Lipinski definition) is 4. The van der Waals surface area contributed by atoms with E-state index >= 15 is 0 Å². The molecule has 10 aromatic rings. The van der Waals surface area contributed by atoms with E-state index < -0.39 is 0 Å². The maximum absolute atomic E-state index is 6.82. The molecule has 49 heavy (non-hydrogen) atoms. The SMILES string of the molecule is c1ccc(-c2cccc(N(c3cc4ccccc4c4ccccc34)c3c4nc(-c5ccccc5)oc4cc4c3oc3ccccc34)c2)cc1. The van der Waals surface area contributed by atoms with E-state index in [1.54, 1.807) is 0 Å². The lowest BCUT2D eigenvalue weighted by molar-refractivity contribution is 0.620. The van der Waals surface area contributed by atoms with Crippen molar-refractivity contribution in [2.24, 2.45) is 0 Å². The van der Waals surface area contributed by atoms with Crippen LogP contribution in [0.2, 0.25) is 0 Å². The zero-order chi connectivity index (χ0) is 32.3. The van der Waals surface area contributed by atoms with Gasteiger partial charge in [0, 0.05) is 27.4 Å². The third-order valence-corrected chi connectivity index (χ3v) is 9.44. The highest BCUT2D eigenvalue weighted by atomic mass is 16.4. The summed E-state index contributed by atoms with van der Waals surface area (Å²) < 4.78 is 13.4. The van der Waals surface area contributed by atoms with Crippen LogP contribution >= 0.6 is 0 Å². The van der Waals surface area contributed by atoms with Gasteiger partial charge < -0.3 is 13.7 Å². The molecule has 0 aliphatic rings.